The topological polar surface area (TPSA) is 68.8 Å². The minimum atomic E-state index is -0.0263. The molecule has 0 bridgehead atoms. The molecule has 7 nitrogen and oxygen atoms in total. The maximum Gasteiger partial charge on any atom is 0.240 e. The molecule has 0 spiro atoms. The second-order valence-electron chi connectivity index (χ2n) is 6.87. The Morgan fingerprint density at radius 1 is 1.16 bits per heavy atom. The Bertz CT molecular complexity index is 572. The summed E-state index contributed by atoms with van der Waals surface area (Å²) in [5.74, 6) is 0.226. The zero-order valence-corrected chi connectivity index (χ0v) is 15.6. The van der Waals surface area contributed by atoms with Gasteiger partial charge in [-0.1, -0.05) is 0 Å². The molecule has 1 N–H and O–H groups in total. The van der Waals surface area contributed by atoms with Gasteiger partial charge in [0.15, 0.2) is 5.13 Å². The van der Waals surface area contributed by atoms with Crippen molar-refractivity contribution in [3.63, 3.8) is 0 Å². The van der Waals surface area contributed by atoms with Crippen molar-refractivity contribution < 1.29 is 9.59 Å². The molecule has 2 fully saturated rings. The van der Waals surface area contributed by atoms with E-state index in [1.54, 1.807) is 6.20 Å². The lowest BCUT2D eigenvalue weighted by Crippen LogP contribution is -2.53. The van der Waals surface area contributed by atoms with Crippen LogP contribution in [0.2, 0.25) is 0 Å². The van der Waals surface area contributed by atoms with Gasteiger partial charge in [0.25, 0.3) is 0 Å². The van der Waals surface area contributed by atoms with Crippen molar-refractivity contribution in [1.29, 1.82) is 0 Å². The third-order valence-corrected chi connectivity index (χ3v) is 5.68. The summed E-state index contributed by atoms with van der Waals surface area (Å²) < 4.78 is 0. The van der Waals surface area contributed by atoms with Crippen molar-refractivity contribution in [3.8, 4) is 0 Å². The van der Waals surface area contributed by atoms with Crippen LogP contribution in [-0.4, -0.2) is 83.4 Å². The van der Waals surface area contributed by atoms with Gasteiger partial charge < -0.3 is 10.2 Å². The van der Waals surface area contributed by atoms with Crippen molar-refractivity contribution in [3.05, 3.63) is 11.6 Å². The number of thiazole rings is 1. The normalized spacial score (nSPS) is 22.8. The molecule has 1 aromatic heterocycles. The fourth-order valence-electron chi connectivity index (χ4n) is 3.50. The fourth-order valence-corrected chi connectivity index (χ4v) is 4.05. The van der Waals surface area contributed by atoms with Gasteiger partial charge in [0.2, 0.25) is 11.8 Å². The Labute approximate surface area is 153 Å². The summed E-state index contributed by atoms with van der Waals surface area (Å²) in [6, 6.07) is 0.372. The number of amides is 2. The minimum Gasteiger partial charge on any atom is -0.339 e. The van der Waals surface area contributed by atoms with Gasteiger partial charge in [0.1, 0.15) is 0 Å². The van der Waals surface area contributed by atoms with Gasteiger partial charge in [-0.15, -0.1) is 11.3 Å². The molecule has 0 aliphatic carbocycles. The molecular formula is C17H27N5O2S. The number of hydrogen-bond acceptors (Lipinski definition) is 6. The maximum absolute atomic E-state index is 12.5. The Balaban J connectivity index is 1.38. The van der Waals surface area contributed by atoms with Gasteiger partial charge >= 0.3 is 0 Å². The van der Waals surface area contributed by atoms with Crippen LogP contribution >= 0.6 is 11.3 Å². The average molecular weight is 366 g/mol. The van der Waals surface area contributed by atoms with Crippen LogP contribution in [0.15, 0.2) is 11.6 Å². The number of aromatic nitrogens is 1. The molecule has 3 heterocycles. The Hall–Kier alpha value is -1.51. The van der Waals surface area contributed by atoms with Crippen molar-refractivity contribution in [2.24, 2.45) is 0 Å². The van der Waals surface area contributed by atoms with Crippen LogP contribution in [0.5, 0.6) is 0 Å². The Morgan fingerprint density at radius 2 is 1.88 bits per heavy atom. The molecule has 1 aromatic rings. The summed E-state index contributed by atoms with van der Waals surface area (Å²) in [5, 5.41) is 5.30. The van der Waals surface area contributed by atoms with Gasteiger partial charge in [-0.05, 0) is 26.2 Å². The molecule has 1 unspecified atom stereocenters. The summed E-state index contributed by atoms with van der Waals surface area (Å²) >= 11 is 1.42. The van der Waals surface area contributed by atoms with Gasteiger partial charge in [0, 0.05) is 50.3 Å². The van der Waals surface area contributed by atoms with Crippen molar-refractivity contribution >= 4 is 28.3 Å². The van der Waals surface area contributed by atoms with Crippen molar-refractivity contribution in [2.45, 2.75) is 32.2 Å². The van der Waals surface area contributed by atoms with Crippen LogP contribution in [0.3, 0.4) is 0 Å². The second kappa shape index (κ2) is 8.73. The predicted octanol–water partition coefficient (Wildman–Crippen LogP) is 1.10. The quantitative estimate of drug-likeness (QED) is 0.846. The Kier molecular flexibility index (Phi) is 6.39. The van der Waals surface area contributed by atoms with Crippen LogP contribution in [-0.2, 0) is 9.59 Å². The summed E-state index contributed by atoms with van der Waals surface area (Å²) in [6.45, 7) is 7.22. The molecule has 0 radical (unpaired) electrons. The largest absolute Gasteiger partial charge is 0.339 e. The summed E-state index contributed by atoms with van der Waals surface area (Å²) in [6.07, 6.45) is 5.15. The lowest BCUT2D eigenvalue weighted by molar-refractivity contribution is -0.136. The number of likely N-dealkylation sites (tertiary alicyclic amines) is 1. The number of hydrogen-bond donors (Lipinski definition) is 1. The monoisotopic (exact) mass is 365 g/mol. The molecule has 1 atom stereocenters. The lowest BCUT2D eigenvalue weighted by Gasteiger charge is -2.37. The highest BCUT2D eigenvalue weighted by Crippen LogP contribution is 2.17. The first-order valence-corrected chi connectivity index (χ1v) is 9.93. The van der Waals surface area contributed by atoms with Crippen LogP contribution in [0, 0.1) is 0 Å². The number of piperazine rings is 1. The van der Waals surface area contributed by atoms with Crippen molar-refractivity contribution in [1.82, 2.24) is 19.7 Å². The van der Waals surface area contributed by atoms with E-state index in [2.05, 4.69) is 27.0 Å². The van der Waals surface area contributed by atoms with Gasteiger partial charge in [-0.2, -0.15) is 0 Å². The first-order chi connectivity index (χ1) is 12.1. The van der Waals surface area contributed by atoms with E-state index in [4.69, 9.17) is 0 Å². The number of carbonyl (C=O) groups is 2. The zero-order chi connectivity index (χ0) is 17.6. The van der Waals surface area contributed by atoms with Gasteiger partial charge in [0.05, 0.1) is 13.1 Å². The number of anilines is 1. The van der Waals surface area contributed by atoms with Crippen LogP contribution in [0.4, 0.5) is 5.13 Å². The number of piperidine rings is 1. The molecular weight excluding hydrogens is 338 g/mol. The van der Waals surface area contributed by atoms with E-state index >= 15 is 0 Å². The molecule has 2 amide bonds. The van der Waals surface area contributed by atoms with Crippen LogP contribution in [0.25, 0.3) is 0 Å². The molecule has 2 aliphatic heterocycles. The lowest BCUT2D eigenvalue weighted by atomic mass is 10.0. The third kappa shape index (κ3) is 5.23. The average Bonchev–Trinajstić information content (AvgIpc) is 3.10. The predicted molar refractivity (Wildman–Crippen MR) is 98.6 cm³/mol. The number of nitrogens with one attached hydrogen (secondary N) is 1. The first-order valence-electron chi connectivity index (χ1n) is 9.05. The summed E-state index contributed by atoms with van der Waals surface area (Å²) in [7, 11) is 0. The van der Waals surface area contributed by atoms with E-state index in [-0.39, 0.29) is 11.8 Å². The zero-order valence-electron chi connectivity index (χ0n) is 14.8. The summed E-state index contributed by atoms with van der Waals surface area (Å²) in [4.78, 5) is 35.0. The molecule has 25 heavy (non-hydrogen) atoms. The smallest absolute Gasteiger partial charge is 0.240 e. The van der Waals surface area contributed by atoms with Crippen LogP contribution in [0.1, 0.15) is 26.2 Å². The van der Waals surface area contributed by atoms with E-state index in [0.29, 0.717) is 24.3 Å². The maximum atomic E-state index is 12.5. The first kappa shape index (κ1) is 18.3. The molecule has 2 saturated heterocycles. The SMILES string of the molecule is CC1CCCCN1C(=O)CN1CCN(CC(=O)Nc2nccs2)CC1. The van der Waals surface area contributed by atoms with Gasteiger partial charge in [-0.3, -0.25) is 19.4 Å². The highest BCUT2D eigenvalue weighted by Gasteiger charge is 2.26. The minimum absolute atomic E-state index is 0.0263. The molecule has 0 saturated carbocycles. The molecule has 138 valence electrons. The summed E-state index contributed by atoms with van der Waals surface area (Å²) in [5.41, 5.74) is 0. The number of nitrogens with zero attached hydrogens (tertiary/aromatic N) is 4. The van der Waals surface area contributed by atoms with Crippen molar-refractivity contribution in [2.75, 3.05) is 51.1 Å². The Morgan fingerprint density at radius 3 is 2.52 bits per heavy atom. The number of rotatable bonds is 5. The number of carbonyl (C=O) groups excluding carboxylic acids is 2. The van der Waals surface area contributed by atoms with E-state index in [1.165, 1.54) is 17.8 Å². The highest BCUT2D eigenvalue weighted by atomic mass is 32.1. The molecule has 0 aromatic carbocycles. The molecule has 2 aliphatic rings. The van der Waals surface area contributed by atoms with Crippen LogP contribution < -0.4 is 5.32 Å². The standard InChI is InChI=1S/C17H27N5O2S/c1-14-4-2-3-6-22(14)16(24)13-21-9-7-20(8-10-21)12-15(23)19-17-18-5-11-25-17/h5,11,14H,2-4,6-10,12-13H2,1H3,(H,18,19,23). The fraction of sp³-hybridized carbons (Fsp3) is 0.706. The molecule has 3 rings (SSSR count). The third-order valence-electron chi connectivity index (χ3n) is 4.99. The second-order valence-corrected chi connectivity index (χ2v) is 7.76. The van der Waals surface area contributed by atoms with E-state index in [1.807, 2.05) is 10.3 Å². The van der Waals surface area contributed by atoms with Gasteiger partial charge in [-0.25, -0.2) is 4.98 Å². The van der Waals surface area contributed by atoms with E-state index in [9.17, 15) is 9.59 Å². The highest BCUT2D eigenvalue weighted by molar-refractivity contribution is 7.13. The van der Waals surface area contributed by atoms with E-state index < -0.39 is 0 Å². The van der Waals surface area contributed by atoms with E-state index in [0.717, 1.165) is 45.6 Å². The molecule has 8 heteroatoms.